The molecule has 0 saturated heterocycles. The van der Waals surface area contributed by atoms with E-state index in [0.717, 1.165) is 0 Å². The Bertz CT molecular complexity index is 19.7. The first-order valence-electron chi connectivity index (χ1n) is 3.00. The topological polar surface area (TPSA) is 0 Å². The van der Waals surface area contributed by atoms with E-state index in [1.807, 2.05) is 0 Å². The summed E-state index contributed by atoms with van der Waals surface area (Å²) in [7, 11) is 0. The third-order valence-corrected chi connectivity index (χ3v) is 0.707. The Morgan fingerprint density at radius 2 is 0.571 bits per heavy atom. The molecule has 2 aliphatic carbocycles. The molecule has 1 heteroatoms. The van der Waals surface area contributed by atoms with Crippen molar-refractivity contribution in [2.45, 2.75) is 38.5 Å². The van der Waals surface area contributed by atoms with Crippen molar-refractivity contribution in [3.63, 3.8) is 0 Å². The van der Waals surface area contributed by atoms with E-state index in [0.29, 0.717) is 0 Å². The minimum atomic E-state index is 0. The molecule has 0 unspecified atom stereocenters. The van der Waals surface area contributed by atoms with Gasteiger partial charge in [-0.15, -0.1) is 0 Å². The molecular weight excluding hydrogens is 111 g/mol. The minimum absolute atomic E-state index is 0. The van der Waals surface area contributed by atoms with Gasteiger partial charge in [0.15, 0.2) is 0 Å². The van der Waals surface area contributed by atoms with E-state index in [1.165, 1.54) is 38.5 Å². The van der Waals surface area contributed by atoms with Crippen LogP contribution in [0.2, 0.25) is 0 Å². The van der Waals surface area contributed by atoms with Crippen LogP contribution in [0.5, 0.6) is 0 Å². The molecule has 0 nitrogen and oxygen atoms in total. The van der Waals surface area contributed by atoms with Crippen molar-refractivity contribution in [1.29, 1.82) is 0 Å². The van der Waals surface area contributed by atoms with Crippen LogP contribution in [0.15, 0.2) is 0 Å². The molecule has 2 aliphatic rings. The van der Waals surface area contributed by atoms with Crippen molar-refractivity contribution in [2.24, 2.45) is 0 Å². The van der Waals surface area contributed by atoms with E-state index >= 15 is 0 Å². The van der Waals surface area contributed by atoms with Crippen molar-refractivity contribution in [3.05, 3.63) is 0 Å². The van der Waals surface area contributed by atoms with Gasteiger partial charge in [0.1, 0.15) is 0 Å². The molecule has 0 aliphatic heterocycles. The maximum absolute atomic E-state index is 1.50. The number of hydrogen-bond acceptors (Lipinski definition) is 0. The Balaban J connectivity index is 0.0000000900. The van der Waals surface area contributed by atoms with Gasteiger partial charge >= 0.3 is 0 Å². The van der Waals surface area contributed by atoms with Crippen molar-refractivity contribution in [3.8, 4) is 0 Å². The fraction of sp³-hybridized carbons (Fsp3) is 1.00. The predicted octanol–water partition coefficient (Wildman–Crippen LogP) is 1.96. The zero-order valence-electron chi connectivity index (χ0n) is 5.24. The van der Waals surface area contributed by atoms with Gasteiger partial charge in [-0.3, -0.25) is 0 Å². The smallest absolute Gasteiger partial charge is 0 e. The average molecular weight is 123 g/mol. The summed E-state index contributed by atoms with van der Waals surface area (Å²) < 4.78 is 0. The first-order valence-corrected chi connectivity index (χ1v) is 3.00. The van der Waals surface area contributed by atoms with Gasteiger partial charge in [-0.05, 0) is 0 Å². The molecule has 7 heavy (non-hydrogen) atoms. The van der Waals surface area contributed by atoms with E-state index in [9.17, 15) is 0 Å². The van der Waals surface area contributed by atoms with Crippen LogP contribution in [0.25, 0.3) is 0 Å². The van der Waals surface area contributed by atoms with E-state index in [2.05, 4.69) is 0 Å². The predicted molar refractivity (Wildman–Crippen MR) is 33.5 cm³/mol. The summed E-state index contributed by atoms with van der Waals surface area (Å²) in [5.41, 5.74) is 0. The molecular formula is C6H12K. The fourth-order valence-corrected chi connectivity index (χ4v) is 0. The second-order valence-corrected chi connectivity index (χ2v) is 2.12. The fourth-order valence-electron chi connectivity index (χ4n) is 0. The van der Waals surface area contributed by atoms with Gasteiger partial charge in [-0.1, -0.05) is 38.5 Å². The molecule has 2 fully saturated rings. The maximum atomic E-state index is 1.50. The monoisotopic (exact) mass is 123 g/mol. The summed E-state index contributed by atoms with van der Waals surface area (Å²) in [6.07, 6.45) is 9.00. The molecule has 0 aromatic heterocycles. The Morgan fingerprint density at radius 3 is 0.571 bits per heavy atom. The van der Waals surface area contributed by atoms with Gasteiger partial charge < -0.3 is 0 Å². The Morgan fingerprint density at radius 1 is 0.429 bits per heavy atom. The standard InChI is InChI=1S/2C3H6.K/c2*1-2-3-1;/h2*1-3H2;. The number of rotatable bonds is 0. The van der Waals surface area contributed by atoms with Gasteiger partial charge in [0.2, 0.25) is 0 Å². The number of hydrogen-bond donors (Lipinski definition) is 0. The summed E-state index contributed by atoms with van der Waals surface area (Å²) in [6, 6.07) is 0. The van der Waals surface area contributed by atoms with Crippen molar-refractivity contribution in [1.82, 2.24) is 0 Å². The van der Waals surface area contributed by atoms with Crippen molar-refractivity contribution < 1.29 is 0 Å². The molecule has 0 aromatic rings. The van der Waals surface area contributed by atoms with Crippen molar-refractivity contribution in [2.75, 3.05) is 0 Å². The molecule has 37 valence electrons. The van der Waals surface area contributed by atoms with Gasteiger partial charge in [0.25, 0.3) is 0 Å². The minimum Gasteiger partial charge on any atom is -0.0533 e. The molecule has 1 radical (unpaired) electrons. The van der Waals surface area contributed by atoms with Crippen molar-refractivity contribution >= 4 is 51.4 Å². The molecule has 2 rings (SSSR count). The van der Waals surface area contributed by atoms with Gasteiger partial charge in [-0.2, -0.15) is 0 Å². The second kappa shape index (κ2) is 5.77. The van der Waals surface area contributed by atoms with Crippen LogP contribution < -0.4 is 0 Å². The first-order chi connectivity index (χ1) is 3.00. The summed E-state index contributed by atoms with van der Waals surface area (Å²) >= 11 is 0. The average Bonchev–Trinajstić information content (AvgIpc) is 2.31. The summed E-state index contributed by atoms with van der Waals surface area (Å²) in [5.74, 6) is 0. The first kappa shape index (κ1) is 8.64. The molecule has 0 amide bonds. The van der Waals surface area contributed by atoms with Crippen LogP contribution in [0.1, 0.15) is 38.5 Å². The Hall–Kier alpha value is 1.64. The van der Waals surface area contributed by atoms with Gasteiger partial charge in [0, 0.05) is 51.4 Å². The molecule has 0 heterocycles. The molecule has 2 saturated carbocycles. The summed E-state index contributed by atoms with van der Waals surface area (Å²) in [5, 5.41) is 0. The second-order valence-electron chi connectivity index (χ2n) is 2.12. The quantitative estimate of drug-likeness (QED) is 0.432. The Kier molecular flexibility index (Phi) is 7.12. The molecule has 0 aromatic carbocycles. The van der Waals surface area contributed by atoms with Crippen LogP contribution in [0, 0.1) is 0 Å². The van der Waals surface area contributed by atoms with E-state index in [1.54, 1.807) is 0 Å². The Labute approximate surface area is 88.5 Å². The maximum Gasteiger partial charge on any atom is 0 e. The third kappa shape index (κ3) is 18.3. The summed E-state index contributed by atoms with van der Waals surface area (Å²) in [6.45, 7) is 0. The molecule has 0 N–H and O–H groups in total. The van der Waals surface area contributed by atoms with Crippen LogP contribution >= 0.6 is 0 Å². The zero-order valence-corrected chi connectivity index (χ0v) is 8.37. The molecule has 0 bridgehead atoms. The normalized spacial score (nSPS) is 20.6. The van der Waals surface area contributed by atoms with E-state index in [4.69, 9.17) is 0 Å². The molecule has 0 spiro atoms. The van der Waals surface area contributed by atoms with Gasteiger partial charge in [0.05, 0.1) is 0 Å². The van der Waals surface area contributed by atoms with Crippen LogP contribution in [0.3, 0.4) is 0 Å². The van der Waals surface area contributed by atoms with E-state index < -0.39 is 0 Å². The molecule has 0 atom stereocenters. The SMILES string of the molecule is C1CC1.C1CC1.[K]. The third-order valence-electron chi connectivity index (χ3n) is 0.707. The van der Waals surface area contributed by atoms with Crippen LogP contribution in [-0.4, -0.2) is 51.4 Å². The van der Waals surface area contributed by atoms with Gasteiger partial charge in [-0.25, -0.2) is 0 Å². The van der Waals surface area contributed by atoms with Crippen LogP contribution in [0.4, 0.5) is 0 Å². The summed E-state index contributed by atoms with van der Waals surface area (Å²) in [4.78, 5) is 0. The van der Waals surface area contributed by atoms with Crippen LogP contribution in [-0.2, 0) is 0 Å². The largest absolute Gasteiger partial charge is 0.0533 e. The van der Waals surface area contributed by atoms with E-state index in [-0.39, 0.29) is 51.4 Å². The zero-order chi connectivity index (χ0) is 4.24.